The van der Waals surface area contributed by atoms with Crippen LogP contribution in [-0.2, 0) is 5.41 Å². The summed E-state index contributed by atoms with van der Waals surface area (Å²) in [7, 11) is 0. The Morgan fingerprint density at radius 1 is 1.24 bits per heavy atom. The monoisotopic (exact) mass is 406 g/mol. The predicted molar refractivity (Wildman–Crippen MR) is 110 cm³/mol. The molecular formula is C19H18N8OS. The zero-order valence-corrected chi connectivity index (χ0v) is 17.1. The lowest BCUT2D eigenvalue weighted by Crippen LogP contribution is -2.13. The van der Waals surface area contributed by atoms with Crippen LogP contribution >= 0.6 is 11.3 Å². The van der Waals surface area contributed by atoms with Crippen LogP contribution in [0.2, 0.25) is 0 Å². The average Bonchev–Trinajstić information content (AvgIpc) is 3.35. The van der Waals surface area contributed by atoms with Crippen LogP contribution in [0.4, 0.5) is 11.5 Å². The highest BCUT2D eigenvalue weighted by Crippen LogP contribution is 2.30. The maximum Gasteiger partial charge on any atom is 0.301 e. The Morgan fingerprint density at radius 3 is 2.69 bits per heavy atom. The molecule has 4 aromatic rings. The van der Waals surface area contributed by atoms with Crippen molar-refractivity contribution >= 4 is 33.1 Å². The molecule has 0 saturated heterocycles. The quantitative estimate of drug-likeness (QED) is 0.489. The highest BCUT2D eigenvalue weighted by Gasteiger charge is 2.24. The minimum absolute atomic E-state index is 0.147. The van der Waals surface area contributed by atoms with E-state index in [9.17, 15) is 10.1 Å². The molecule has 0 bridgehead atoms. The van der Waals surface area contributed by atoms with Gasteiger partial charge in [-0.3, -0.25) is 15.0 Å². The molecule has 4 rings (SSSR count). The summed E-state index contributed by atoms with van der Waals surface area (Å²) in [5.74, 6) is 0.156. The smallest absolute Gasteiger partial charge is 0.291 e. The van der Waals surface area contributed by atoms with E-state index in [4.69, 9.17) is 0 Å². The number of hydrogen-bond acceptors (Lipinski definition) is 7. The van der Waals surface area contributed by atoms with Crippen LogP contribution in [0.25, 0.3) is 15.3 Å². The van der Waals surface area contributed by atoms with Crippen molar-refractivity contribution in [1.82, 2.24) is 25.0 Å². The molecule has 3 aromatic heterocycles. The molecule has 0 atom stereocenters. The third-order valence-corrected chi connectivity index (χ3v) is 5.39. The first kappa shape index (κ1) is 18.8. The van der Waals surface area contributed by atoms with Gasteiger partial charge in [0.1, 0.15) is 11.6 Å². The number of rotatable bonds is 3. The number of thiazole rings is 1. The van der Waals surface area contributed by atoms with E-state index in [0.29, 0.717) is 22.1 Å². The number of nitrogens with one attached hydrogen (secondary N) is 2. The van der Waals surface area contributed by atoms with Crippen molar-refractivity contribution in [1.29, 1.82) is 5.26 Å². The van der Waals surface area contributed by atoms with Gasteiger partial charge in [0, 0.05) is 5.41 Å². The lowest BCUT2D eigenvalue weighted by Gasteiger charge is -2.15. The van der Waals surface area contributed by atoms with Crippen LogP contribution in [0.5, 0.6) is 0 Å². The Morgan fingerprint density at radius 2 is 2.00 bits per heavy atom. The number of benzene rings is 1. The lowest BCUT2D eigenvalue weighted by atomic mass is 9.90. The Kier molecular flexibility index (Phi) is 4.39. The van der Waals surface area contributed by atoms with Crippen molar-refractivity contribution in [2.75, 3.05) is 0 Å². The van der Waals surface area contributed by atoms with Crippen LogP contribution < -0.4 is 5.56 Å². The highest BCUT2D eigenvalue weighted by atomic mass is 32.1. The first-order valence-corrected chi connectivity index (χ1v) is 9.69. The largest absolute Gasteiger partial charge is 0.301 e. The molecule has 29 heavy (non-hydrogen) atoms. The number of para-hydroxylation sites is 1. The molecule has 10 heteroatoms. The molecule has 0 aliphatic heterocycles. The maximum absolute atomic E-state index is 12.9. The van der Waals surface area contributed by atoms with Gasteiger partial charge < -0.3 is 0 Å². The third kappa shape index (κ3) is 3.25. The molecule has 0 fully saturated rings. The van der Waals surface area contributed by atoms with E-state index in [1.165, 1.54) is 16.0 Å². The molecule has 1 aromatic carbocycles. The number of aryl methyl sites for hydroxylation is 1. The molecule has 0 spiro atoms. The molecule has 3 heterocycles. The fraction of sp³-hybridized carbons (Fsp3) is 0.263. The van der Waals surface area contributed by atoms with Gasteiger partial charge >= 0.3 is 5.56 Å². The summed E-state index contributed by atoms with van der Waals surface area (Å²) < 4.78 is 2.33. The molecular weight excluding hydrogens is 388 g/mol. The number of H-pyrrole nitrogens is 2. The summed E-state index contributed by atoms with van der Waals surface area (Å²) in [6, 6.07) is 9.78. The van der Waals surface area contributed by atoms with Crippen molar-refractivity contribution in [3.05, 3.63) is 51.6 Å². The summed E-state index contributed by atoms with van der Waals surface area (Å²) in [5, 5.41) is 28.1. The third-order valence-electron chi connectivity index (χ3n) is 4.37. The zero-order chi connectivity index (χ0) is 20.8. The second kappa shape index (κ2) is 6.79. The summed E-state index contributed by atoms with van der Waals surface area (Å²) in [6.45, 7) is 7.63. The summed E-state index contributed by atoms with van der Waals surface area (Å²) >= 11 is 1.40. The predicted octanol–water partition coefficient (Wildman–Crippen LogP) is 4.39. The highest BCUT2D eigenvalue weighted by molar-refractivity contribution is 7.20. The van der Waals surface area contributed by atoms with Crippen molar-refractivity contribution in [2.45, 2.75) is 33.1 Å². The Hall–Kier alpha value is -3.58. The molecule has 0 unspecified atom stereocenters. The topological polar surface area (TPSA) is 128 Å². The zero-order valence-electron chi connectivity index (χ0n) is 16.3. The lowest BCUT2D eigenvalue weighted by molar-refractivity contribution is 0.565. The van der Waals surface area contributed by atoms with Gasteiger partial charge in [0.2, 0.25) is 10.9 Å². The molecule has 0 aliphatic carbocycles. The van der Waals surface area contributed by atoms with Crippen molar-refractivity contribution in [3.8, 4) is 11.2 Å². The second-order valence-electron chi connectivity index (χ2n) is 7.55. The van der Waals surface area contributed by atoms with Crippen LogP contribution in [0, 0.1) is 18.3 Å². The number of nitriles is 1. The molecule has 0 saturated carbocycles. The van der Waals surface area contributed by atoms with Gasteiger partial charge in [-0.05, 0) is 19.1 Å². The molecule has 0 aliphatic rings. The Balaban J connectivity index is 1.74. The number of aromatic nitrogens is 5. The molecule has 0 amide bonds. The number of hydrogen-bond donors (Lipinski definition) is 2. The van der Waals surface area contributed by atoms with E-state index in [1.54, 1.807) is 6.92 Å². The minimum Gasteiger partial charge on any atom is -0.291 e. The summed E-state index contributed by atoms with van der Waals surface area (Å²) in [6.07, 6.45) is 0. The normalized spacial score (nSPS) is 12.1. The van der Waals surface area contributed by atoms with Gasteiger partial charge in [-0.2, -0.15) is 15.0 Å². The fourth-order valence-electron chi connectivity index (χ4n) is 2.90. The van der Waals surface area contributed by atoms with Crippen LogP contribution in [0.1, 0.15) is 37.7 Å². The minimum atomic E-state index is -0.365. The SMILES string of the molecule is Cc1[nH]n(-c2nc3ccccc3s2)c(=O)c1N=Nc1n[nH]c(C(C)(C)C)c1C#N. The Labute approximate surface area is 169 Å². The number of aromatic amines is 2. The number of nitrogens with zero attached hydrogens (tertiary/aromatic N) is 6. The first-order valence-electron chi connectivity index (χ1n) is 8.88. The van der Waals surface area contributed by atoms with E-state index in [1.807, 2.05) is 45.0 Å². The maximum atomic E-state index is 12.9. The van der Waals surface area contributed by atoms with E-state index < -0.39 is 0 Å². The summed E-state index contributed by atoms with van der Waals surface area (Å²) in [4.78, 5) is 17.4. The fourth-order valence-corrected chi connectivity index (χ4v) is 3.82. The van der Waals surface area contributed by atoms with Crippen molar-refractivity contribution < 1.29 is 0 Å². The van der Waals surface area contributed by atoms with Gasteiger partial charge in [-0.15, -0.1) is 10.2 Å². The standard InChI is InChI=1S/C19H18N8OS/c1-10-14(22-24-16-11(9-20)15(23-25-16)19(2,3)4)17(28)27(26-10)18-21-12-7-5-6-8-13(12)29-18/h5-8,26H,1-4H3,(H,23,25). The number of azo groups is 1. The van der Waals surface area contributed by atoms with E-state index in [2.05, 4.69) is 36.6 Å². The molecule has 2 N–H and O–H groups in total. The molecule has 0 radical (unpaired) electrons. The van der Waals surface area contributed by atoms with E-state index >= 15 is 0 Å². The van der Waals surface area contributed by atoms with Gasteiger partial charge in [-0.1, -0.05) is 44.2 Å². The van der Waals surface area contributed by atoms with Gasteiger partial charge in [0.15, 0.2) is 5.69 Å². The summed E-state index contributed by atoms with van der Waals surface area (Å²) in [5.41, 5.74) is 1.84. The van der Waals surface area contributed by atoms with Crippen LogP contribution in [-0.4, -0.2) is 25.0 Å². The van der Waals surface area contributed by atoms with Gasteiger partial charge in [-0.25, -0.2) is 4.98 Å². The van der Waals surface area contributed by atoms with E-state index in [0.717, 1.165) is 10.2 Å². The van der Waals surface area contributed by atoms with Gasteiger partial charge in [0.05, 0.1) is 21.6 Å². The van der Waals surface area contributed by atoms with Crippen LogP contribution in [0.15, 0.2) is 39.3 Å². The first-order chi connectivity index (χ1) is 13.8. The second-order valence-corrected chi connectivity index (χ2v) is 8.56. The molecule has 9 nitrogen and oxygen atoms in total. The van der Waals surface area contributed by atoms with Crippen molar-refractivity contribution in [2.24, 2.45) is 10.2 Å². The van der Waals surface area contributed by atoms with Gasteiger partial charge in [0.25, 0.3) is 0 Å². The van der Waals surface area contributed by atoms with E-state index in [-0.39, 0.29) is 22.5 Å². The van der Waals surface area contributed by atoms with Crippen molar-refractivity contribution in [3.63, 3.8) is 0 Å². The Bertz CT molecular complexity index is 1310. The molecule has 146 valence electrons. The number of fused-ring (bicyclic) bond motifs is 1. The average molecular weight is 406 g/mol. The van der Waals surface area contributed by atoms with Crippen LogP contribution in [0.3, 0.4) is 0 Å².